The molecule has 0 amide bonds. The van der Waals surface area contributed by atoms with Crippen molar-refractivity contribution in [1.29, 1.82) is 0 Å². The molecule has 0 aliphatic rings. The lowest BCUT2D eigenvalue weighted by molar-refractivity contribution is 0.0733. The third-order valence-corrected chi connectivity index (χ3v) is 3.81. The minimum Gasteiger partial charge on any atom is -0.494 e. The summed E-state index contributed by atoms with van der Waals surface area (Å²) >= 11 is 0. The zero-order chi connectivity index (χ0) is 16.8. The molecule has 0 heterocycles. The van der Waals surface area contributed by atoms with Gasteiger partial charge in [-0.2, -0.15) is 0 Å². The van der Waals surface area contributed by atoms with Crippen LogP contribution in [0.2, 0.25) is 0 Å². The average Bonchev–Trinajstić information content (AvgIpc) is 2.52. The first-order chi connectivity index (χ1) is 11.0. The molecule has 2 aromatic rings. The molecule has 0 fully saturated rings. The number of hydrogen-bond acceptors (Lipinski definition) is 3. The summed E-state index contributed by atoms with van der Waals surface area (Å²) < 4.78 is 11.1. The van der Waals surface area contributed by atoms with Crippen LogP contribution >= 0.6 is 0 Å². The van der Waals surface area contributed by atoms with Gasteiger partial charge in [0.2, 0.25) is 0 Å². The van der Waals surface area contributed by atoms with E-state index in [2.05, 4.69) is 13.8 Å². The van der Waals surface area contributed by atoms with Crippen molar-refractivity contribution in [3.05, 3.63) is 59.2 Å². The smallest absolute Gasteiger partial charge is 0.343 e. The lowest BCUT2D eigenvalue weighted by Crippen LogP contribution is -2.09. The zero-order valence-electron chi connectivity index (χ0n) is 14.3. The lowest BCUT2D eigenvalue weighted by Gasteiger charge is -2.10. The molecule has 0 aliphatic heterocycles. The number of carbonyl (C=O) groups excluding carboxylic acids is 1. The third-order valence-electron chi connectivity index (χ3n) is 3.81. The molecule has 0 atom stereocenters. The highest BCUT2D eigenvalue weighted by molar-refractivity contribution is 5.91. The van der Waals surface area contributed by atoms with Gasteiger partial charge in [-0.25, -0.2) is 4.79 Å². The number of carbonyl (C=O) groups is 1. The van der Waals surface area contributed by atoms with Crippen LogP contribution < -0.4 is 9.47 Å². The first-order valence-electron chi connectivity index (χ1n) is 7.98. The summed E-state index contributed by atoms with van der Waals surface area (Å²) in [5, 5.41) is 0. The molecule has 0 spiro atoms. The second-order valence-corrected chi connectivity index (χ2v) is 6.14. The standard InChI is InChI=1S/C20H24O3/c1-14(2)12-13-22-18-10-8-17(9-11-18)20(21)23-19-7-5-6-15(3)16(19)4/h5-11,14H,12-13H2,1-4H3. The Balaban J connectivity index is 1.98. The van der Waals surface area contributed by atoms with Crippen molar-refractivity contribution in [2.24, 2.45) is 5.92 Å². The van der Waals surface area contributed by atoms with Gasteiger partial charge in [0, 0.05) is 0 Å². The molecule has 3 nitrogen and oxygen atoms in total. The molecular formula is C20H24O3. The van der Waals surface area contributed by atoms with Gasteiger partial charge in [0.1, 0.15) is 11.5 Å². The lowest BCUT2D eigenvalue weighted by atomic mass is 10.1. The predicted octanol–water partition coefficient (Wildman–Crippen LogP) is 4.95. The van der Waals surface area contributed by atoms with Crippen molar-refractivity contribution in [1.82, 2.24) is 0 Å². The van der Waals surface area contributed by atoms with E-state index >= 15 is 0 Å². The number of esters is 1. The van der Waals surface area contributed by atoms with E-state index in [-0.39, 0.29) is 5.97 Å². The molecule has 122 valence electrons. The van der Waals surface area contributed by atoms with Gasteiger partial charge >= 0.3 is 5.97 Å². The van der Waals surface area contributed by atoms with Crippen LogP contribution in [-0.4, -0.2) is 12.6 Å². The van der Waals surface area contributed by atoms with Gasteiger partial charge < -0.3 is 9.47 Å². The van der Waals surface area contributed by atoms with Gasteiger partial charge in [-0.05, 0) is 67.6 Å². The highest BCUT2D eigenvalue weighted by Gasteiger charge is 2.11. The summed E-state index contributed by atoms with van der Waals surface area (Å²) in [5.74, 6) is 1.63. The highest BCUT2D eigenvalue weighted by Crippen LogP contribution is 2.22. The third kappa shape index (κ3) is 4.85. The molecule has 0 saturated heterocycles. The monoisotopic (exact) mass is 312 g/mol. The molecular weight excluding hydrogens is 288 g/mol. The van der Waals surface area contributed by atoms with Crippen molar-refractivity contribution in [2.45, 2.75) is 34.1 Å². The second-order valence-electron chi connectivity index (χ2n) is 6.14. The molecule has 0 aliphatic carbocycles. The van der Waals surface area contributed by atoms with E-state index < -0.39 is 0 Å². The molecule has 0 radical (unpaired) electrons. The fraction of sp³-hybridized carbons (Fsp3) is 0.350. The van der Waals surface area contributed by atoms with Crippen LogP contribution in [-0.2, 0) is 0 Å². The number of rotatable bonds is 6. The van der Waals surface area contributed by atoms with Crippen LogP contribution in [0.15, 0.2) is 42.5 Å². The van der Waals surface area contributed by atoms with E-state index in [9.17, 15) is 4.79 Å². The van der Waals surface area contributed by atoms with Gasteiger partial charge in [-0.1, -0.05) is 26.0 Å². The molecule has 2 rings (SSSR count). The quantitative estimate of drug-likeness (QED) is 0.559. The Morgan fingerprint density at radius 3 is 2.39 bits per heavy atom. The summed E-state index contributed by atoms with van der Waals surface area (Å²) in [4.78, 5) is 12.2. The van der Waals surface area contributed by atoms with E-state index in [1.54, 1.807) is 24.3 Å². The van der Waals surface area contributed by atoms with Crippen LogP contribution in [0, 0.1) is 19.8 Å². The molecule has 0 N–H and O–H groups in total. The Morgan fingerprint density at radius 1 is 1.04 bits per heavy atom. The van der Waals surface area contributed by atoms with Crippen LogP contribution in [0.25, 0.3) is 0 Å². The highest BCUT2D eigenvalue weighted by atomic mass is 16.5. The maximum Gasteiger partial charge on any atom is 0.343 e. The Kier molecular flexibility index (Phi) is 5.80. The number of benzene rings is 2. The van der Waals surface area contributed by atoms with Crippen molar-refractivity contribution in [3.63, 3.8) is 0 Å². The summed E-state index contributed by atoms with van der Waals surface area (Å²) in [5.41, 5.74) is 2.60. The van der Waals surface area contributed by atoms with Crippen LogP contribution in [0.4, 0.5) is 0 Å². The van der Waals surface area contributed by atoms with E-state index in [1.807, 2.05) is 32.0 Å². The average molecular weight is 312 g/mol. The fourth-order valence-corrected chi connectivity index (χ4v) is 2.09. The first kappa shape index (κ1) is 17.1. The van der Waals surface area contributed by atoms with Crippen molar-refractivity contribution in [2.75, 3.05) is 6.61 Å². The van der Waals surface area contributed by atoms with Gasteiger partial charge in [0.15, 0.2) is 0 Å². The maximum atomic E-state index is 12.2. The summed E-state index contributed by atoms with van der Waals surface area (Å²) in [6, 6.07) is 12.8. The number of hydrogen-bond donors (Lipinski definition) is 0. The topological polar surface area (TPSA) is 35.5 Å². The SMILES string of the molecule is Cc1cccc(OC(=O)c2ccc(OCCC(C)C)cc2)c1C. The van der Waals surface area contributed by atoms with Crippen LogP contribution in [0.5, 0.6) is 11.5 Å². The molecule has 0 aromatic heterocycles. The Bertz CT molecular complexity index is 657. The van der Waals surface area contributed by atoms with Gasteiger partial charge in [-0.3, -0.25) is 0 Å². The maximum absolute atomic E-state index is 12.2. The molecule has 0 bridgehead atoms. The molecule has 2 aromatic carbocycles. The van der Waals surface area contributed by atoms with Crippen molar-refractivity contribution in [3.8, 4) is 11.5 Å². The van der Waals surface area contributed by atoms with E-state index in [0.29, 0.717) is 23.8 Å². The predicted molar refractivity (Wildman–Crippen MR) is 92.3 cm³/mol. The summed E-state index contributed by atoms with van der Waals surface area (Å²) in [6.07, 6.45) is 1.01. The van der Waals surface area contributed by atoms with Gasteiger partial charge in [0.05, 0.1) is 12.2 Å². The molecule has 23 heavy (non-hydrogen) atoms. The molecule has 0 unspecified atom stereocenters. The Hall–Kier alpha value is -2.29. The largest absolute Gasteiger partial charge is 0.494 e. The zero-order valence-corrected chi connectivity index (χ0v) is 14.3. The van der Waals surface area contributed by atoms with E-state index in [0.717, 1.165) is 23.3 Å². The van der Waals surface area contributed by atoms with E-state index in [1.165, 1.54) is 0 Å². The second kappa shape index (κ2) is 7.82. The normalized spacial score (nSPS) is 10.7. The molecule has 3 heteroatoms. The van der Waals surface area contributed by atoms with E-state index in [4.69, 9.17) is 9.47 Å². The summed E-state index contributed by atoms with van der Waals surface area (Å²) in [6.45, 7) is 8.95. The minimum atomic E-state index is -0.354. The molecule has 0 saturated carbocycles. The van der Waals surface area contributed by atoms with Crippen molar-refractivity contribution < 1.29 is 14.3 Å². The number of ether oxygens (including phenoxy) is 2. The van der Waals surface area contributed by atoms with Crippen molar-refractivity contribution >= 4 is 5.97 Å². The van der Waals surface area contributed by atoms with Gasteiger partial charge in [0.25, 0.3) is 0 Å². The first-order valence-corrected chi connectivity index (χ1v) is 7.98. The Morgan fingerprint density at radius 2 is 1.74 bits per heavy atom. The van der Waals surface area contributed by atoms with Crippen LogP contribution in [0.1, 0.15) is 41.8 Å². The summed E-state index contributed by atoms with van der Waals surface area (Å²) in [7, 11) is 0. The van der Waals surface area contributed by atoms with Gasteiger partial charge in [-0.15, -0.1) is 0 Å². The minimum absolute atomic E-state index is 0.354. The Labute approximate surface area is 138 Å². The van der Waals surface area contributed by atoms with Crippen LogP contribution in [0.3, 0.4) is 0 Å². The number of aryl methyl sites for hydroxylation is 1. The fourth-order valence-electron chi connectivity index (χ4n) is 2.09.